The molecule has 0 spiro atoms. The van der Waals surface area contributed by atoms with E-state index in [4.69, 9.17) is 5.73 Å². The molecule has 0 saturated carbocycles. The van der Waals surface area contributed by atoms with Crippen molar-refractivity contribution in [2.45, 2.75) is 6.54 Å². The van der Waals surface area contributed by atoms with Crippen molar-refractivity contribution in [3.05, 3.63) is 45.2 Å². The zero-order chi connectivity index (χ0) is 13.8. The Labute approximate surface area is 124 Å². The monoisotopic (exact) mass is 339 g/mol. The molecular weight excluding hydrogens is 326 g/mol. The van der Waals surface area contributed by atoms with E-state index in [9.17, 15) is 4.79 Å². The van der Waals surface area contributed by atoms with Gasteiger partial charge in [0.1, 0.15) is 4.88 Å². The Balaban J connectivity index is 2.06. The van der Waals surface area contributed by atoms with Crippen LogP contribution in [0.4, 0.5) is 10.7 Å². The average molecular weight is 340 g/mol. The highest BCUT2D eigenvalue weighted by Gasteiger charge is 2.12. The van der Waals surface area contributed by atoms with Crippen LogP contribution in [0.2, 0.25) is 0 Å². The van der Waals surface area contributed by atoms with Gasteiger partial charge in [0, 0.05) is 18.1 Å². The lowest BCUT2D eigenvalue weighted by atomic mass is 10.2. The molecule has 0 fully saturated rings. The topological polar surface area (TPSA) is 67.2 Å². The van der Waals surface area contributed by atoms with Crippen LogP contribution in [0.15, 0.2) is 34.8 Å². The summed E-state index contributed by atoms with van der Waals surface area (Å²) in [5.41, 5.74) is 7.47. The third-order valence-electron chi connectivity index (χ3n) is 2.55. The molecule has 4 N–H and O–H groups in total. The van der Waals surface area contributed by atoms with E-state index in [0.717, 1.165) is 15.0 Å². The van der Waals surface area contributed by atoms with Crippen molar-refractivity contribution in [3.8, 4) is 0 Å². The molecule has 2 aromatic rings. The Hall–Kier alpha value is -1.53. The molecule has 1 heterocycles. The molecule has 6 heteroatoms. The molecule has 1 aromatic carbocycles. The quantitative estimate of drug-likeness (QED) is 0.801. The SMILES string of the molecule is CNC(=O)c1sc(NCc2cccc(Br)c2)cc1N. The van der Waals surface area contributed by atoms with Crippen molar-refractivity contribution in [1.82, 2.24) is 5.32 Å². The first-order valence-electron chi connectivity index (χ1n) is 5.70. The first-order chi connectivity index (χ1) is 9.10. The van der Waals surface area contributed by atoms with E-state index < -0.39 is 0 Å². The van der Waals surface area contributed by atoms with Gasteiger partial charge in [0.25, 0.3) is 5.91 Å². The number of nitrogens with two attached hydrogens (primary N) is 1. The van der Waals surface area contributed by atoms with Gasteiger partial charge in [0.05, 0.1) is 10.7 Å². The molecule has 0 unspecified atom stereocenters. The van der Waals surface area contributed by atoms with Gasteiger partial charge in [0.2, 0.25) is 0 Å². The van der Waals surface area contributed by atoms with Gasteiger partial charge < -0.3 is 16.4 Å². The molecule has 0 saturated heterocycles. The molecule has 0 atom stereocenters. The summed E-state index contributed by atoms with van der Waals surface area (Å²) in [6, 6.07) is 9.83. The van der Waals surface area contributed by atoms with Crippen molar-refractivity contribution in [2.75, 3.05) is 18.1 Å². The number of nitrogens with one attached hydrogen (secondary N) is 2. The molecule has 4 nitrogen and oxygen atoms in total. The molecule has 0 bridgehead atoms. The van der Waals surface area contributed by atoms with Gasteiger partial charge >= 0.3 is 0 Å². The van der Waals surface area contributed by atoms with E-state index >= 15 is 0 Å². The second-order valence-corrected chi connectivity index (χ2v) is 5.93. The molecule has 1 aromatic heterocycles. The van der Waals surface area contributed by atoms with Gasteiger partial charge in [-0.1, -0.05) is 28.1 Å². The van der Waals surface area contributed by atoms with Gasteiger partial charge in [-0.2, -0.15) is 0 Å². The highest BCUT2D eigenvalue weighted by atomic mass is 79.9. The van der Waals surface area contributed by atoms with Crippen LogP contribution in [-0.4, -0.2) is 13.0 Å². The summed E-state index contributed by atoms with van der Waals surface area (Å²) in [7, 11) is 1.59. The minimum absolute atomic E-state index is 0.155. The zero-order valence-corrected chi connectivity index (χ0v) is 12.8. The molecule has 1 amide bonds. The molecule has 0 radical (unpaired) electrons. The molecule has 0 aliphatic heterocycles. The van der Waals surface area contributed by atoms with Crippen molar-refractivity contribution in [3.63, 3.8) is 0 Å². The summed E-state index contributed by atoms with van der Waals surface area (Å²) in [5, 5.41) is 6.73. The Bertz CT molecular complexity index is 597. The largest absolute Gasteiger partial charge is 0.397 e. The summed E-state index contributed by atoms with van der Waals surface area (Å²) in [6.45, 7) is 0.687. The summed E-state index contributed by atoms with van der Waals surface area (Å²) in [4.78, 5) is 12.1. The molecule has 19 heavy (non-hydrogen) atoms. The predicted molar refractivity (Wildman–Crippen MR) is 83.6 cm³/mol. The summed E-state index contributed by atoms with van der Waals surface area (Å²) < 4.78 is 1.04. The second-order valence-electron chi connectivity index (χ2n) is 3.96. The predicted octanol–water partition coefficient (Wildman–Crippen LogP) is 3.06. The third-order valence-corrected chi connectivity index (χ3v) is 4.15. The first-order valence-corrected chi connectivity index (χ1v) is 7.31. The van der Waals surface area contributed by atoms with Crippen molar-refractivity contribution >= 4 is 43.9 Å². The van der Waals surface area contributed by atoms with Crippen LogP contribution in [0.1, 0.15) is 15.2 Å². The molecule has 2 rings (SSSR count). The molecule has 100 valence electrons. The van der Waals surface area contributed by atoms with Gasteiger partial charge in [0.15, 0.2) is 0 Å². The summed E-state index contributed by atoms with van der Waals surface area (Å²) >= 11 is 4.79. The van der Waals surface area contributed by atoms with Crippen LogP contribution in [0.3, 0.4) is 0 Å². The average Bonchev–Trinajstić information content (AvgIpc) is 2.77. The Morgan fingerprint density at radius 2 is 2.21 bits per heavy atom. The number of carbonyl (C=O) groups excluding carboxylic acids is 1. The number of halogens is 1. The minimum Gasteiger partial charge on any atom is -0.397 e. The van der Waals surface area contributed by atoms with E-state index in [1.54, 1.807) is 13.1 Å². The van der Waals surface area contributed by atoms with Gasteiger partial charge in [-0.3, -0.25) is 4.79 Å². The number of hydrogen-bond acceptors (Lipinski definition) is 4. The van der Waals surface area contributed by atoms with Crippen LogP contribution in [-0.2, 0) is 6.54 Å². The maximum Gasteiger partial charge on any atom is 0.263 e. The molecule has 0 aliphatic rings. The fourth-order valence-electron chi connectivity index (χ4n) is 1.62. The van der Waals surface area contributed by atoms with Gasteiger partial charge in [-0.25, -0.2) is 0 Å². The van der Waals surface area contributed by atoms with Crippen molar-refractivity contribution < 1.29 is 4.79 Å². The van der Waals surface area contributed by atoms with E-state index in [1.807, 2.05) is 24.3 Å². The number of hydrogen-bond donors (Lipinski definition) is 3. The molecular formula is C13H14BrN3OS. The van der Waals surface area contributed by atoms with E-state index in [0.29, 0.717) is 17.1 Å². The van der Waals surface area contributed by atoms with Crippen LogP contribution in [0.25, 0.3) is 0 Å². The number of anilines is 2. The van der Waals surface area contributed by atoms with Gasteiger partial charge in [-0.05, 0) is 23.8 Å². The zero-order valence-electron chi connectivity index (χ0n) is 10.4. The molecule has 0 aliphatic carbocycles. The van der Waals surface area contributed by atoms with Crippen LogP contribution >= 0.6 is 27.3 Å². The van der Waals surface area contributed by atoms with E-state index in [2.05, 4.69) is 26.6 Å². The van der Waals surface area contributed by atoms with Crippen LogP contribution in [0.5, 0.6) is 0 Å². The summed E-state index contributed by atoms with van der Waals surface area (Å²) in [6.07, 6.45) is 0. The lowest BCUT2D eigenvalue weighted by molar-refractivity contribution is 0.0968. The normalized spacial score (nSPS) is 10.2. The second kappa shape index (κ2) is 6.08. The number of benzene rings is 1. The minimum atomic E-state index is -0.155. The van der Waals surface area contributed by atoms with Crippen molar-refractivity contribution in [2.24, 2.45) is 0 Å². The maximum absolute atomic E-state index is 11.6. The standard InChI is InChI=1S/C13H14BrN3OS/c1-16-13(18)12-10(15)6-11(19-12)17-7-8-3-2-4-9(14)5-8/h2-6,17H,7,15H2,1H3,(H,16,18). The first kappa shape index (κ1) is 13.9. The number of nitrogen functional groups attached to an aromatic ring is 1. The van der Waals surface area contributed by atoms with E-state index in [-0.39, 0.29) is 5.91 Å². The number of thiophene rings is 1. The lowest BCUT2D eigenvalue weighted by Crippen LogP contribution is -2.17. The summed E-state index contributed by atoms with van der Waals surface area (Å²) in [5.74, 6) is -0.155. The smallest absolute Gasteiger partial charge is 0.263 e. The van der Waals surface area contributed by atoms with Gasteiger partial charge in [-0.15, -0.1) is 11.3 Å². The number of amides is 1. The fourth-order valence-corrected chi connectivity index (χ4v) is 2.99. The maximum atomic E-state index is 11.6. The third kappa shape index (κ3) is 3.48. The van der Waals surface area contributed by atoms with Crippen LogP contribution < -0.4 is 16.4 Å². The lowest BCUT2D eigenvalue weighted by Gasteiger charge is -2.03. The number of carbonyl (C=O) groups is 1. The number of rotatable bonds is 4. The Kier molecular flexibility index (Phi) is 4.44. The van der Waals surface area contributed by atoms with E-state index in [1.165, 1.54) is 11.3 Å². The Morgan fingerprint density at radius 1 is 1.42 bits per heavy atom. The highest BCUT2D eigenvalue weighted by molar-refractivity contribution is 9.10. The highest BCUT2D eigenvalue weighted by Crippen LogP contribution is 2.29. The van der Waals surface area contributed by atoms with Crippen LogP contribution in [0, 0.1) is 0 Å². The fraction of sp³-hybridized carbons (Fsp3) is 0.154. The van der Waals surface area contributed by atoms with Crippen molar-refractivity contribution in [1.29, 1.82) is 0 Å². The Morgan fingerprint density at radius 3 is 2.89 bits per heavy atom.